The fraction of sp³-hybridized carbons (Fsp3) is 0.412. The van der Waals surface area contributed by atoms with Gasteiger partial charge >= 0.3 is 0 Å². The van der Waals surface area contributed by atoms with Crippen molar-refractivity contribution in [3.8, 4) is 17.1 Å². The Hall–Kier alpha value is -2.37. The first-order chi connectivity index (χ1) is 12.5. The Morgan fingerprint density at radius 3 is 2.56 bits per heavy atom. The van der Waals surface area contributed by atoms with Gasteiger partial charge < -0.3 is 20.3 Å². The minimum absolute atomic E-state index is 0. The number of ether oxygens (including phenoxy) is 1. The molecular formula is C17H26IN7O2. The Morgan fingerprint density at radius 2 is 1.96 bits per heavy atom. The lowest BCUT2D eigenvalue weighted by Crippen LogP contribution is -2.42. The van der Waals surface area contributed by atoms with E-state index < -0.39 is 0 Å². The van der Waals surface area contributed by atoms with Crippen LogP contribution in [0.25, 0.3) is 11.4 Å². The zero-order valence-electron chi connectivity index (χ0n) is 15.9. The molecule has 10 heteroatoms. The quantitative estimate of drug-likeness (QED) is 0.308. The largest absolute Gasteiger partial charge is 0.497 e. The van der Waals surface area contributed by atoms with Gasteiger partial charge in [0, 0.05) is 26.2 Å². The molecular weight excluding hydrogens is 461 g/mol. The maximum atomic E-state index is 11.7. The summed E-state index contributed by atoms with van der Waals surface area (Å²) in [4.78, 5) is 22.1. The predicted octanol–water partition coefficient (Wildman–Crippen LogP) is 1.24. The van der Waals surface area contributed by atoms with E-state index in [1.165, 1.54) is 4.90 Å². The molecule has 0 bridgehead atoms. The number of amides is 1. The van der Waals surface area contributed by atoms with Crippen molar-refractivity contribution in [3.63, 3.8) is 0 Å². The summed E-state index contributed by atoms with van der Waals surface area (Å²) in [7, 11) is 5.05. The van der Waals surface area contributed by atoms with Gasteiger partial charge in [-0.1, -0.05) is 0 Å². The van der Waals surface area contributed by atoms with E-state index in [9.17, 15) is 4.79 Å². The fourth-order valence-electron chi connectivity index (χ4n) is 2.05. The van der Waals surface area contributed by atoms with Crippen molar-refractivity contribution in [3.05, 3.63) is 30.1 Å². The molecule has 0 atom stereocenters. The number of guanidine groups is 1. The van der Waals surface area contributed by atoms with E-state index in [0.29, 0.717) is 30.7 Å². The number of aromatic nitrogens is 3. The standard InChI is InChI=1S/C17H25N7O2.HI/c1-5-18-17(20-11-15(25)24(2)3)19-10-14-21-16(23-22-14)12-6-8-13(26-4)9-7-12;/h6-9H,5,10-11H2,1-4H3,(H2,18,19,20)(H,21,22,23);1H. The van der Waals surface area contributed by atoms with Gasteiger partial charge in [-0.25, -0.2) is 9.98 Å². The molecule has 0 saturated heterocycles. The van der Waals surface area contributed by atoms with Crippen LogP contribution >= 0.6 is 24.0 Å². The molecule has 0 fully saturated rings. The van der Waals surface area contributed by atoms with Gasteiger partial charge in [-0.2, -0.15) is 5.10 Å². The Balaban J connectivity index is 0.00000364. The summed E-state index contributed by atoms with van der Waals surface area (Å²) in [5.74, 6) is 2.52. The van der Waals surface area contributed by atoms with Crippen LogP contribution in [0.3, 0.4) is 0 Å². The molecule has 27 heavy (non-hydrogen) atoms. The van der Waals surface area contributed by atoms with Crippen molar-refractivity contribution < 1.29 is 9.53 Å². The highest BCUT2D eigenvalue weighted by Crippen LogP contribution is 2.18. The second-order valence-electron chi connectivity index (χ2n) is 5.67. The lowest BCUT2D eigenvalue weighted by molar-refractivity contribution is -0.127. The molecule has 2 aromatic rings. The van der Waals surface area contributed by atoms with E-state index in [2.05, 4.69) is 30.8 Å². The van der Waals surface area contributed by atoms with Crippen LogP contribution in [-0.4, -0.2) is 66.2 Å². The number of aliphatic imine (C=N–C) groups is 1. The van der Waals surface area contributed by atoms with E-state index in [-0.39, 0.29) is 36.4 Å². The third-order valence-corrected chi connectivity index (χ3v) is 3.52. The molecule has 0 aliphatic heterocycles. The molecule has 0 radical (unpaired) electrons. The normalized spacial score (nSPS) is 10.7. The summed E-state index contributed by atoms with van der Waals surface area (Å²) in [6.45, 7) is 3.14. The summed E-state index contributed by atoms with van der Waals surface area (Å²) in [5, 5.41) is 13.2. The van der Waals surface area contributed by atoms with Crippen LogP contribution in [0.15, 0.2) is 29.3 Å². The number of nitrogens with zero attached hydrogens (tertiary/aromatic N) is 4. The number of carbonyl (C=O) groups excluding carboxylic acids is 1. The van der Waals surface area contributed by atoms with Crippen molar-refractivity contribution in [2.24, 2.45) is 4.99 Å². The monoisotopic (exact) mass is 487 g/mol. The lowest BCUT2D eigenvalue weighted by Gasteiger charge is -2.13. The van der Waals surface area contributed by atoms with Crippen molar-refractivity contribution in [1.29, 1.82) is 0 Å². The lowest BCUT2D eigenvalue weighted by atomic mass is 10.2. The third-order valence-electron chi connectivity index (χ3n) is 3.52. The first-order valence-electron chi connectivity index (χ1n) is 8.31. The number of methoxy groups -OCH3 is 1. The van der Waals surface area contributed by atoms with Crippen LogP contribution in [-0.2, 0) is 11.3 Å². The molecule has 1 amide bonds. The van der Waals surface area contributed by atoms with Gasteiger partial charge in [0.1, 0.15) is 18.1 Å². The van der Waals surface area contributed by atoms with Gasteiger partial charge in [-0.15, -0.1) is 24.0 Å². The third kappa shape index (κ3) is 7.04. The molecule has 0 saturated carbocycles. The van der Waals surface area contributed by atoms with Crippen LogP contribution in [0, 0.1) is 0 Å². The Bertz CT molecular complexity index is 744. The van der Waals surface area contributed by atoms with E-state index in [1.807, 2.05) is 31.2 Å². The van der Waals surface area contributed by atoms with Crippen LogP contribution in [0.5, 0.6) is 5.75 Å². The highest BCUT2D eigenvalue weighted by atomic mass is 127. The van der Waals surface area contributed by atoms with Crippen LogP contribution in [0.2, 0.25) is 0 Å². The number of rotatable bonds is 7. The number of hydrogen-bond donors (Lipinski definition) is 3. The SMILES string of the molecule is CCNC(=NCc1nc(-c2ccc(OC)cc2)n[nH]1)NCC(=O)N(C)C.I. The molecule has 3 N–H and O–H groups in total. The Morgan fingerprint density at radius 1 is 1.26 bits per heavy atom. The molecule has 0 aliphatic rings. The molecule has 1 aromatic heterocycles. The highest BCUT2D eigenvalue weighted by molar-refractivity contribution is 14.0. The average Bonchev–Trinajstić information content (AvgIpc) is 3.12. The fourth-order valence-corrected chi connectivity index (χ4v) is 2.05. The first-order valence-corrected chi connectivity index (χ1v) is 8.31. The molecule has 0 unspecified atom stereocenters. The van der Waals surface area contributed by atoms with E-state index in [0.717, 1.165) is 11.3 Å². The zero-order chi connectivity index (χ0) is 18.9. The van der Waals surface area contributed by atoms with Gasteiger partial charge in [0.2, 0.25) is 5.91 Å². The molecule has 9 nitrogen and oxygen atoms in total. The summed E-state index contributed by atoms with van der Waals surface area (Å²) in [6, 6.07) is 7.51. The summed E-state index contributed by atoms with van der Waals surface area (Å²) in [6.07, 6.45) is 0. The van der Waals surface area contributed by atoms with Crippen LogP contribution in [0.1, 0.15) is 12.7 Å². The molecule has 2 rings (SSSR count). The number of nitrogens with one attached hydrogen (secondary N) is 3. The van der Waals surface area contributed by atoms with E-state index >= 15 is 0 Å². The molecule has 148 valence electrons. The topological polar surface area (TPSA) is 108 Å². The van der Waals surface area contributed by atoms with Crippen molar-refractivity contribution in [2.45, 2.75) is 13.5 Å². The Labute approximate surface area is 176 Å². The smallest absolute Gasteiger partial charge is 0.241 e. The minimum Gasteiger partial charge on any atom is -0.497 e. The second kappa shape index (κ2) is 11.4. The number of hydrogen-bond acceptors (Lipinski definition) is 5. The maximum absolute atomic E-state index is 11.7. The van der Waals surface area contributed by atoms with Gasteiger partial charge in [-0.3, -0.25) is 9.89 Å². The number of halogens is 1. The highest BCUT2D eigenvalue weighted by Gasteiger charge is 2.08. The zero-order valence-corrected chi connectivity index (χ0v) is 18.3. The average molecular weight is 487 g/mol. The number of benzene rings is 1. The molecule has 1 heterocycles. The summed E-state index contributed by atoms with van der Waals surface area (Å²) in [5.41, 5.74) is 0.888. The van der Waals surface area contributed by atoms with E-state index in [1.54, 1.807) is 21.2 Å². The molecule has 0 spiro atoms. The Kier molecular flexibility index (Phi) is 9.54. The van der Waals surface area contributed by atoms with Gasteiger partial charge in [0.25, 0.3) is 0 Å². The number of H-pyrrole nitrogens is 1. The van der Waals surface area contributed by atoms with Crippen molar-refractivity contribution >= 4 is 35.8 Å². The van der Waals surface area contributed by atoms with Gasteiger partial charge in [0.05, 0.1) is 13.7 Å². The number of carbonyl (C=O) groups is 1. The van der Waals surface area contributed by atoms with Gasteiger partial charge in [0.15, 0.2) is 11.8 Å². The van der Waals surface area contributed by atoms with Gasteiger partial charge in [-0.05, 0) is 31.2 Å². The van der Waals surface area contributed by atoms with Crippen molar-refractivity contribution in [2.75, 3.05) is 34.3 Å². The maximum Gasteiger partial charge on any atom is 0.241 e. The summed E-state index contributed by atoms with van der Waals surface area (Å²) >= 11 is 0. The molecule has 0 aliphatic carbocycles. The second-order valence-corrected chi connectivity index (χ2v) is 5.67. The number of aromatic amines is 1. The predicted molar refractivity (Wildman–Crippen MR) is 115 cm³/mol. The van der Waals surface area contributed by atoms with Crippen LogP contribution in [0.4, 0.5) is 0 Å². The minimum atomic E-state index is -0.0305. The number of likely N-dealkylation sites (N-methyl/N-ethyl adjacent to an activating group) is 1. The summed E-state index contributed by atoms with van der Waals surface area (Å²) < 4.78 is 5.15. The van der Waals surface area contributed by atoms with Crippen LogP contribution < -0.4 is 15.4 Å². The molecule has 1 aromatic carbocycles. The first kappa shape index (κ1) is 22.7. The van der Waals surface area contributed by atoms with Crippen molar-refractivity contribution in [1.82, 2.24) is 30.7 Å². The van der Waals surface area contributed by atoms with E-state index in [4.69, 9.17) is 4.74 Å².